The fourth-order valence-corrected chi connectivity index (χ4v) is 0. The van der Waals surface area contributed by atoms with Crippen molar-refractivity contribution in [3.63, 3.8) is 0 Å². The van der Waals surface area contributed by atoms with Crippen LogP contribution in [0.4, 0.5) is 13.2 Å². The molecule has 0 bridgehead atoms. The van der Waals surface area contributed by atoms with Gasteiger partial charge in [0, 0.05) is 0 Å². The fraction of sp³-hybridized carbons (Fsp3) is 0.500. The smallest absolute Gasteiger partial charge is 0.542 e. The average molecular weight is 136 g/mol. The molecule has 0 aromatic rings. The van der Waals surface area contributed by atoms with Gasteiger partial charge >= 0.3 is 35.7 Å². The first kappa shape index (κ1) is 11.1. The van der Waals surface area contributed by atoms with Gasteiger partial charge in [-0.1, -0.05) is 0 Å². The Labute approximate surface area is 65.0 Å². The summed E-state index contributed by atoms with van der Waals surface area (Å²) in [5.41, 5.74) is 0. The van der Waals surface area contributed by atoms with E-state index in [4.69, 9.17) is 9.90 Å². The Bertz CT molecular complexity index is 87.8. The maximum Gasteiger partial charge on any atom is 1.00 e. The number of rotatable bonds is 0. The van der Waals surface area contributed by atoms with Gasteiger partial charge in [0.2, 0.25) is 0 Å². The van der Waals surface area contributed by atoms with Crippen LogP contribution in [0.3, 0.4) is 0 Å². The summed E-state index contributed by atoms with van der Waals surface area (Å²) in [5.74, 6) is -3.01. The Balaban J connectivity index is 0. The number of alkyl halides is 3. The van der Waals surface area contributed by atoms with Crippen molar-refractivity contribution in [3.8, 4) is 0 Å². The number of carbonyl (C=O) groups is 1. The molecule has 0 amide bonds. The minimum absolute atomic E-state index is 0. The fourth-order valence-electron chi connectivity index (χ4n) is 0. The first-order valence-electron chi connectivity index (χ1n) is 1.23. The van der Waals surface area contributed by atoms with E-state index in [1.54, 1.807) is 0 Å². The molecule has 0 aromatic heterocycles. The monoisotopic (exact) mass is 136 g/mol. The molecule has 0 aliphatic carbocycles. The van der Waals surface area contributed by atoms with Crippen molar-refractivity contribution < 1.29 is 52.6 Å². The summed E-state index contributed by atoms with van der Waals surface area (Å²) in [6.45, 7) is 0. The van der Waals surface area contributed by atoms with E-state index in [9.17, 15) is 13.2 Å². The number of halogens is 3. The molecular weight excluding hydrogens is 136 g/mol. The quantitative estimate of drug-likeness (QED) is 0.321. The number of hydrogen-bond acceptors (Lipinski definition) is 2. The van der Waals surface area contributed by atoms with E-state index in [2.05, 4.69) is 0 Å². The maximum atomic E-state index is 10.5. The molecule has 0 atom stereocenters. The molecule has 6 heteroatoms. The Morgan fingerprint density at radius 2 is 1.50 bits per heavy atom. The number of carboxylic acid groups (broad SMARTS) is 1. The predicted octanol–water partition coefficient (Wildman–Crippen LogP) is -3.70. The molecule has 8 heavy (non-hydrogen) atoms. The van der Waals surface area contributed by atoms with Gasteiger partial charge in [-0.05, 0) is 0 Å². The second-order valence-corrected chi connectivity index (χ2v) is 0.785. The van der Waals surface area contributed by atoms with Crippen molar-refractivity contribution in [1.29, 1.82) is 0 Å². The molecule has 0 radical (unpaired) electrons. The van der Waals surface area contributed by atoms with E-state index < -0.39 is 12.1 Å². The summed E-state index contributed by atoms with van der Waals surface area (Å²) in [4.78, 5) is 8.78. The van der Waals surface area contributed by atoms with Crippen molar-refractivity contribution in [2.24, 2.45) is 0 Å². The summed E-state index contributed by atoms with van der Waals surface area (Å²) in [6, 6.07) is 0. The molecule has 0 aromatic carbocycles. The molecule has 2 nitrogen and oxygen atoms in total. The van der Waals surface area contributed by atoms with Gasteiger partial charge in [-0.3, -0.25) is 0 Å². The van der Waals surface area contributed by atoms with Crippen LogP contribution >= 0.6 is 0 Å². The van der Waals surface area contributed by atoms with Crippen LogP contribution in [0.25, 0.3) is 0 Å². The zero-order chi connectivity index (χ0) is 6.08. The van der Waals surface area contributed by atoms with Gasteiger partial charge in [0.1, 0.15) is 5.97 Å². The molecule has 0 saturated carbocycles. The second kappa shape index (κ2) is 3.32. The normalized spacial score (nSPS) is 9.88. The summed E-state index contributed by atoms with van der Waals surface area (Å²) in [7, 11) is 0. The Hall–Kier alpha value is 0.260. The van der Waals surface area contributed by atoms with E-state index in [1.165, 1.54) is 0 Å². The molecule has 0 aliphatic heterocycles. The van der Waals surface area contributed by atoms with Gasteiger partial charge in [0.05, 0.1) is 0 Å². The van der Waals surface area contributed by atoms with Crippen LogP contribution in [-0.4, -0.2) is 12.1 Å². The molecule has 42 valence electrons. The van der Waals surface area contributed by atoms with Gasteiger partial charge in [-0.2, -0.15) is 13.2 Å². The number of carboxylic acids is 1. The van der Waals surface area contributed by atoms with Gasteiger partial charge in [0.25, 0.3) is 0 Å². The van der Waals surface area contributed by atoms with Crippen LogP contribution in [0, 0.1) is 0 Å². The molecule has 0 rings (SSSR count). The molecule has 0 N–H and O–H groups in total. The third-order valence-electron chi connectivity index (χ3n) is 0.231. The van der Waals surface area contributed by atoms with Crippen molar-refractivity contribution in [2.75, 3.05) is 0 Å². The Morgan fingerprint density at radius 3 is 1.50 bits per heavy atom. The van der Waals surface area contributed by atoms with Crippen molar-refractivity contribution in [2.45, 2.75) is 6.18 Å². The summed E-state index contributed by atoms with van der Waals surface area (Å²) >= 11 is 0. The molecule has 0 unspecified atom stereocenters. The van der Waals surface area contributed by atoms with Crippen LogP contribution in [0.5, 0.6) is 0 Å². The second-order valence-electron chi connectivity index (χ2n) is 0.785. The van der Waals surface area contributed by atoms with Gasteiger partial charge < -0.3 is 9.90 Å². The van der Waals surface area contributed by atoms with Crippen molar-refractivity contribution in [1.82, 2.24) is 0 Å². The SMILES string of the molecule is O=C([O-])C(F)(F)F.[Na+]. The minimum atomic E-state index is -5.19. The standard InChI is InChI=1S/C2HF3O2.Na/c3-2(4,5)1(6)7;/h(H,6,7);/q;+1/p-1. The molecule has 0 heterocycles. The summed E-state index contributed by atoms with van der Waals surface area (Å²) in [5, 5.41) is 8.78. The van der Waals surface area contributed by atoms with Crippen LogP contribution in [0.1, 0.15) is 0 Å². The van der Waals surface area contributed by atoms with E-state index in [0.717, 1.165) is 0 Å². The van der Waals surface area contributed by atoms with Crippen molar-refractivity contribution >= 4 is 5.97 Å². The van der Waals surface area contributed by atoms with E-state index >= 15 is 0 Å². The molecule has 0 fully saturated rings. The molecule has 0 spiro atoms. The van der Waals surface area contributed by atoms with Crippen molar-refractivity contribution in [3.05, 3.63) is 0 Å². The van der Waals surface area contributed by atoms with Crippen LogP contribution in [0.2, 0.25) is 0 Å². The van der Waals surface area contributed by atoms with E-state index in [1.807, 2.05) is 0 Å². The van der Waals surface area contributed by atoms with Crippen LogP contribution < -0.4 is 34.7 Å². The predicted molar refractivity (Wildman–Crippen MR) is 11.1 cm³/mol. The zero-order valence-corrected chi connectivity index (χ0v) is 5.95. The van der Waals surface area contributed by atoms with E-state index in [0.29, 0.717) is 0 Å². The van der Waals surface area contributed by atoms with Gasteiger partial charge in [-0.25, -0.2) is 0 Å². The Morgan fingerprint density at radius 1 is 1.38 bits per heavy atom. The Kier molecular flexibility index (Phi) is 4.61. The molecule has 0 aliphatic rings. The largest absolute Gasteiger partial charge is 1.00 e. The third kappa shape index (κ3) is 4.42. The molecule has 0 saturated heterocycles. The van der Waals surface area contributed by atoms with Gasteiger partial charge in [-0.15, -0.1) is 0 Å². The summed E-state index contributed by atoms with van der Waals surface area (Å²) < 4.78 is 31.5. The third-order valence-corrected chi connectivity index (χ3v) is 0.231. The van der Waals surface area contributed by atoms with Crippen LogP contribution in [0.15, 0.2) is 0 Å². The van der Waals surface area contributed by atoms with E-state index in [-0.39, 0.29) is 29.6 Å². The maximum absolute atomic E-state index is 10.5. The number of aliphatic carboxylic acids is 1. The van der Waals surface area contributed by atoms with Gasteiger partial charge in [0.15, 0.2) is 0 Å². The number of carbonyl (C=O) groups excluding carboxylic acids is 1. The minimum Gasteiger partial charge on any atom is -0.542 e. The first-order valence-corrected chi connectivity index (χ1v) is 1.23. The first-order chi connectivity index (χ1) is 2.94. The summed E-state index contributed by atoms with van der Waals surface area (Å²) in [6.07, 6.45) is -5.19. The topological polar surface area (TPSA) is 40.1 Å². The number of hydrogen-bond donors (Lipinski definition) is 0. The zero-order valence-electron chi connectivity index (χ0n) is 3.95. The average Bonchev–Trinajstić information content (AvgIpc) is 1.31. The van der Waals surface area contributed by atoms with Crippen LogP contribution in [-0.2, 0) is 4.79 Å². The molecular formula is C2F3NaO2.